The van der Waals surface area contributed by atoms with Crippen molar-refractivity contribution in [3.8, 4) is 5.75 Å². The maximum Gasteiger partial charge on any atom is 0.387 e. The summed E-state index contributed by atoms with van der Waals surface area (Å²) in [5.41, 5.74) is 1.19. The largest absolute Gasteiger partial charge is 0.434 e. The molecule has 0 bridgehead atoms. The third-order valence-electron chi connectivity index (χ3n) is 3.94. The number of anilines is 1. The zero-order valence-corrected chi connectivity index (χ0v) is 13.2. The van der Waals surface area contributed by atoms with Gasteiger partial charge >= 0.3 is 6.61 Å². The number of fused-ring (bicyclic) bond motifs is 1. The summed E-state index contributed by atoms with van der Waals surface area (Å²) in [6.07, 6.45) is 1.66. The first-order valence-corrected chi connectivity index (χ1v) is 7.69. The van der Waals surface area contributed by atoms with E-state index < -0.39 is 18.5 Å². The molecule has 1 atom stereocenters. The fourth-order valence-electron chi connectivity index (χ4n) is 2.84. The van der Waals surface area contributed by atoms with Gasteiger partial charge in [0.1, 0.15) is 17.6 Å². The molecule has 1 unspecified atom stereocenters. The number of para-hydroxylation sites is 1. The highest BCUT2D eigenvalue weighted by Crippen LogP contribution is 2.35. The lowest BCUT2D eigenvalue weighted by Crippen LogP contribution is -2.21. The van der Waals surface area contributed by atoms with E-state index in [4.69, 9.17) is 0 Å². The molecule has 0 spiro atoms. The Balaban J connectivity index is 1.82. The second-order valence-corrected chi connectivity index (χ2v) is 5.49. The Morgan fingerprint density at radius 2 is 1.85 bits per heavy atom. The van der Waals surface area contributed by atoms with Gasteiger partial charge in [-0.1, -0.05) is 35.4 Å². The van der Waals surface area contributed by atoms with E-state index in [-0.39, 0.29) is 11.7 Å². The van der Waals surface area contributed by atoms with Gasteiger partial charge in [0.05, 0.1) is 5.70 Å². The Bertz CT molecular complexity index is 972. The van der Waals surface area contributed by atoms with Crippen molar-refractivity contribution in [2.45, 2.75) is 12.7 Å². The lowest BCUT2D eigenvalue weighted by molar-refractivity contribution is -0.0500. The molecule has 4 rings (SSSR count). The lowest BCUT2D eigenvalue weighted by Gasteiger charge is -2.24. The molecular weight excluding hydrogens is 347 g/mol. The minimum atomic E-state index is -2.96. The summed E-state index contributed by atoms with van der Waals surface area (Å²) >= 11 is 0. The average molecular weight is 359 g/mol. The van der Waals surface area contributed by atoms with E-state index in [9.17, 15) is 13.2 Å². The first-order valence-electron chi connectivity index (χ1n) is 7.69. The lowest BCUT2D eigenvalue weighted by atomic mass is 10.0. The van der Waals surface area contributed by atoms with Gasteiger partial charge in [-0.05, 0) is 34.7 Å². The number of hydrogen-bond donors (Lipinski definition) is 1. The van der Waals surface area contributed by atoms with Crippen LogP contribution in [-0.4, -0.2) is 26.8 Å². The average Bonchev–Trinajstić information content (AvgIpc) is 3.10. The summed E-state index contributed by atoms with van der Waals surface area (Å²) in [5, 5.41) is 14.3. The van der Waals surface area contributed by atoms with Crippen molar-refractivity contribution in [3.05, 3.63) is 71.6 Å². The predicted molar refractivity (Wildman–Crippen MR) is 87.0 cm³/mol. The molecule has 2 aromatic carbocycles. The number of alkyl halides is 2. The quantitative estimate of drug-likeness (QED) is 0.773. The van der Waals surface area contributed by atoms with Crippen LogP contribution in [0.2, 0.25) is 0 Å². The smallest absolute Gasteiger partial charge is 0.387 e. The molecule has 132 valence electrons. The maximum absolute atomic E-state index is 14.3. The summed E-state index contributed by atoms with van der Waals surface area (Å²) in [6.45, 7) is -2.96. The van der Waals surface area contributed by atoms with Gasteiger partial charge in [0.25, 0.3) is 0 Å². The molecular formula is C17H12F3N5O. The summed E-state index contributed by atoms with van der Waals surface area (Å²) in [6, 6.07) is 11.9. The molecule has 0 saturated carbocycles. The number of nitrogens with zero attached hydrogens (tertiary/aromatic N) is 4. The Hall–Kier alpha value is -3.36. The zero-order valence-electron chi connectivity index (χ0n) is 13.2. The van der Waals surface area contributed by atoms with E-state index in [0.29, 0.717) is 16.8 Å². The summed E-state index contributed by atoms with van der Waals surface area (Å²) < 4.78 is 45.7. The molecule has 3 aromatic rings. The molecule has 0 saturated heterocycles. The zero-order chi connectivity index (χ0) is 18.1. The van der Waals surface area contributed by atoms with Crippen molar-refractivity contribution in [2.24, 2.45) is 0 Å². The van der Waals surface area contributed by atoms with Crippen molar-refractivity contribution >= 4 is 11.6 Å². The fraction of sp³-hybridized carbons (Fsp3) is 0.118. The molecule has 2 heterocycles. The van der Waals surface area contributed by atoms with Crippen LogP contribution in [0.25, 0.3) is 5.70 Å². The number of tetrazole rings is 1. The number of rotatable bonds is 4. The van der Waals surface area contributed by atoms with E-state index in [2.05, 4.69) is 25.6 Å². The van der Waals surface area contributed by atoms with Crippen LogP contribution < -0.4 is 10.1 Å². The third-order valence-corrected chi connectivity index (χ3v) is 3.94. The molecule has 1 aromatic heterocycles. The summed E-state index contributed by atoms with van der Waals surface area (Å²) in [4.78, 5) is 0. The van der Waals surface area contributed by atoms with Gasteiger partial charge in [0.15, 0.2) is 0 Å². The van der Waals surface area contributed by atoms with Crippen molar-refractivity contribution in [1.82, 2.24) is 20.2 Å². The SMILES string of the molecule is Fc1ccccc1C1C=C(c2ccccc2OC(F)F)Nc2nnnn21. The van der Waals surface area contributed by atoms with Crippen LogP contribution >= 0.6 is 0 Å². The van der Waals surface area contributed by atoms with E-state index in [1.165, 1.54) is 16.8 Å². The fourth-order valence-corrected chi connectivity index (χ4v) is 2.84. The van der Waals surface area contributed by atoms with Gasteiger partial charge < -0.3 is 10.1 Å². The van der Waals surface area contributed by atoms with Gasteiger partial charge in [0.2, 0.25) is 5.95 Å². The van der Waals surface area contributed by atoms with E-state index in [1.54, 1.807) is 42.5 Å². The third kappa shape index (κ3) is 2.87. The van der Waals surface area contributed by atoms with Crippen LogP contribution in [0.3, 0.4) is 0 Å². The van der Waals surface area contributed by atoms with Crippen LogP contribution in [0.15, 0.2) is 54.6 Å². The Morgan fingerprint density at radius 1 is 1.08 bits per heavy atom. The minimum Gasteiger partial charge on any atom is -0.434 e. The van der Waals surface area contributed by atoms with E-state index in [0.717, 1.165) is 0 Å². The van der Waals surface area contributed by atoms with Crippen LogP contribution in [0.1, 0.15) is 17.2 Å². The second kappa shape index (κ2) is 6.51. The first-order chi connectivity index (χ1) is 12.6. The molecule has 0 radical (unpaired) electrons. The highest BCUT2D eigenvalue weighted by molar-refractivity contribution is 5.80. The number of ether oxygens (including phenoxy) is 1. The van der Waals surface area contributed by atoms with Gasteiger partial charge in [0, 0.05) is 11.1 Å². The van der Waals surface area contributed by atoms with Crippen LogP contribution in [-0.2, 0) is 0 Å². The molecule has 1 aliphatic rings. The minimum absolute atomic E-state index is 0.00513. The van der Waals surface area contributed by atoms with Crippen LogP contribution in [0.5, 0.6) is 5.75 Å². The monoisotopic (exact) mass is 359 g/mol. The van der Waals surface area contributed by atoms with Gasteiger partial charge in [-0.25, -0.2) is 4.39 Å². The van der Waals surface area contributed by atoms with E-state index in [1.807, 2.05) is 0 Å². The molecule has 0 amide bonds. The Morgan fingerprint density at radius 3 is 2.65 bits per heavy atom. The molecule has 6 nitrogen and oxygen atoms in total. The predicted octanol–water partition coefficient (Wildman–Crippen LogP) is 3.47. The Kier molecular flexibility index (Phi) is 4.04. The molecule has 1 N–H and O–H groups in total. The number of hydrogen-bond acceptors (Lipinski definition) is 5. The first kappa shape index (κ1) is 16.1. The van der Waals surface area contributed by atoms with Crippen molar-refractivity contribution in [1.29, 1.82) is 0 Å². The number of aromatic nitrogens is 4. The van der Waals surface area contributed by atoms with Gasteiger partial charge in [-0.2, -0.15) is 13.5 Å². The number of halogens is 3. The van der Waals surface area contributed by atoms with E-state index >= 15 is 0 Å². The van der Waals surface area contributed by atoms with Crippen molar-refractivity contribution < 1.29 is 17.9 Å². The summed E-state index contributed by atoms with van der Waals surface area (Å²) in [5.74, 6) is -0.161. The normalized spacial score (nSPS) is 16.0. The highest BCUT2D eigenvalue weighted by Gasteiger charge is 2.27. The molecule has 0 aliphatic carbocycles. The molecule has 0 fully saturated rings. The topological polar surface area (TPSA) is 64.9 Å². The number of allylic oxidation sites excluding steroid dienone is 1. The van der Waals surface area contributed by atoms with Crippen LogP contribution in [0, 0.1) is 5.82 Å². The van der Waals surface area contributed by atoms with Crippen molar-refractivity contribution in [2.75, 3.05) is 5.32 Å². The van der Waals surface area contributed by atoms with Crippen molar-refractivity contribution in [3.63, 3.8) is 0 Å². The van der Waals surface area contributed by atoms with Crippen LogP contribution in [0.4, 0.5) is 19.1 Å². The Labute approximate surface area is 145 Å². The van der Waals surface area contributed by atoms with Gasteiger partial charge in [-0.15, -0.1) is 0 Å². The highest BCUT2D eigenvalue weighted by atomic mass is 19.3. The summed E-state index contributed by atoms with van der Waals surface area (Å²) in [7, 11) is 0. The number of nitrogens with one attached hydrogen (secondary N) is 1. The van der Waals surface area contributed by atoms with Gasteiger partial charge in [-0.3, -0.25) is 0 Å². The molecule has 9 heteroatoms. The number of benzene rings is 2. The maximum atomic E-state index is 14.3. The molecule has 26 heavy (non-hydrogen) atoms. The standard InChI is InChI=1S/C17H12F3N5O/c18-12-7-3-1-5-10(12)14-9-13(21-17-22-23-24-25(14)17)11-6-2-4-8-15(11)26-16(19)20/h1-9,14,16H,(H,21,22,24). The second-order valence-electron chi connectivity index (χ2n) is 5.49. The molecule has 1 aliphatic heterocycles.